The maximum Gasteiger partial charge on any atom is 0.124 e. The summed E-state index contributed by atoms with van der Waals surface area (Å²) in [5.41, 5.74) is 3.92. The molecule has 4 heteroatoms. The molecule has 0 unspecified atom stereocenters. The predicted molar refractivity (Wildman–Crippen MR) is 105 cm³/mol. The third-order valence-corrected chi connectivity index (χ3v) is 4.27. The van der Waals surface area contributed by atoms with Gasteiger partial charge in [0.2, 0.25) is 0 Å². The standard InChI is InChI=1S/C20H24Cl2O2/c1-14(7-6-8-15(2)11-12-23-4)9-10-17-18(21)13-19(24-5)16(3)20(17)22/h6-11,13H,12H2,1-5H3/b8-6+,10-9+,14-7+,15-11+. The van der Waals surface area contributed by atoms with Crippen LogP contribution in [0.15, 0.2) is 47.6 Å². The van der Waals surface area contributed by atoms with E-state index in [4.69, 9.17) is 32.7 Å². The van der Waals surface area contributed by atoms with Gasteiger partial charge in [-0.2, -0.15) is 0 Å². The van der Waals surface area contributed by atoms with Crippen molar-refractivity contribution in [3.8, 4) is 5.75 Å². The maximum absolute atomic E-state index is 6.39. The summed E-state index contributed by atoms with van der Waals surface area (Å²) in [7, 11) is 3.28. The molecular formula is C20H24Cl2O2. The first-order chi connectivity index (χ1) is 11.4. The summed E-state index contributed by atoms with van der Waals surface area (Å²) >= 11 is 12.7. The second-order valence-electron chi connectivity index (χ2n) is 5.42. The smallest absolute Gasteiger partial charge is 0.124 e. The number of hydrogen-bond donors (Lipinski definition) is 0. The number of hydrogen-bond acceptors (Lipinski definition) is 2. The molecule has 0 aromatic heterocycles. The van der Waals surface area contributed by atoms with Crippen molar-refractivity contribution >= 4 is 29.3 Å². The van der Waals surface area contributed by atoms with Gasteiger partial charge in [0.25, 0.3) is 0 Å². The summed E-state index contributed by atoms with van der Waals surface area (Å²) in [4.78, 5) is 0. The summed E-state index contributed by atoms with van der Waals surface area (Å²) in [5, 5.41) is 1.18. The van der Waals surface area contributed by atoms with Gasteiger partial charge >= 0.3 is 0 Å². The molecule has 2 nitrogen and oxygen atoms in total. The molecule has 0 amide bonds. The quantitative estimate of drug-likeness (QED) is 0.518. The fourth-order valence-electron chi connectivity index (χ4n) is 1.99. The Morgan fingerprint density at radius 1 is 1.12 bits per heavy atom. The summed E-state index contributed by atoms with van der Waals surface area (Å²) in [6.07, 6.45) is 12.0. The average molecular weight is 367 g/mol. The molecular weight excluding hydrogens is 343 g/mol. The van der Waals surface area contributed by atoms with E-state index in [9.17, 15) is 0 Å². The summed E-state index contributed by atoms with van der Waals surface area (Å²) in [6, 6.07) is 1.78. The van der Waals surface area contributed by atoms with Crippen molar-refractivity contribution in [2.75, 3.05) is 20.8 Å². The number of methoxy groups -OCH3 is 2. The van der Waals surface area contributed by atoms with Crippen LogP contribution in [-0.4, -0.2) is 20.8 Å². The molecule has 1 aromatic carbocycles. The molecule has 0 saturated heterocycles. The van der Waals surface area contributed by atoms with Crippen LogP contribution in [-0.2, 0) is 4.74 Å². The Balaban J connectivity index is 2.91. The van der Waals surface area contributed by atoms with Crippen LogP contribution in [0.4, 0.5) is 0 Å². The number of rotatable bonds is 7. The highest BCUT2D eigenvalue weighted by Gasteiger charge is 2.11. The molecule has 1 aromatic rings. The topological polar surface area (TPSA) is 18.5 Å². The molecule has 0 aliphatic rings. The lowest BCUT2D eigenvalue weighted by Crippen LogP contribution is -1.91. The van der Waals surface area contributed by atoms with Crippen molar-refractivity contribution in [2.24, 2.45) is 0 Å². The number of ether oxygens (including phenoxy) is 2. The molecule has 0 radical (unpaired) electrons. The molecule has 0 atom stereocenters. The monoisotopic (exact) mass is 366 g/mol. The van der Waals surface area contributed by atoms with Gasteiger partial charge in [-0.25, -0.2) is 0 Å². The molecule has 130 valence electrons. The Hall–Kier alpha value is -1.48. The minimum absolute atomic E-state index is 0.570. The Labute approximate surface area is 155 Å². The van der Waals surface area contributed by atoms with Crippen LogP contribution in [0.1, 0.15) is 25.0 Å². The molecule has 0 spiro atoms. The number of halogens is 2. The summed E-state index contributed by atoms with van der Waals surface area (Å²) in [5.74, 6) is 0.690. The Bertz CT molecular complexity index is 683. The molecule has 0 heterocycles. The largest absolute Gasteiger partial charge is 0.496 e. The zero-order valence-electron chi connectivity index (χ0n) is 14.8. The van der Waals surface area contributed by atoms with Crippen molar-refractivity contribution in [1.29, 1.82) is 0 Å². The van der Waals surface area contributed by atoms with Crippen LogP contribution < -0.4 is 4.74 Å². The van der Waals surface area contributed by atoms with E-state index in [1.807, 2.05) is 57.2 Å². The van der Waals surface area contributed by atoms with E-state index in [2.05, 4.69) is 0 Å². The lowest BCUT2D eigenvalue weighted by molar-refractivity contribution is 0.233. The zero-order valence-corrected chi connectivity index (χ0v) is 16.3. The molecule has 0 saturated carbocycles. The SMILES string of the molecule is COC/C=C(C)/C=C/C=C(C)/C=C/c1c(Cl)cc(OC)c(C)c1Cl. The van der Waals surface area contributed by atoms with E-state index >= 15 is 0 Å². The van der Waals surface area contributed by atoms with E-state index in [1.165, 1.54) is 0 Å². The molecule has 0 fully saturated rings. The van der Waals surface area contributed by atoms with Gasteiger partial charge in [-0.1, -0.05) is 70.8 Å². The third-order valence-electron chi connectivity index (χ3n) is 3.47. The lowest BCUT2D eigenvalue weighted by atomic mass is 10.1. The summed E-state index contributed by atoms with van der Waals surface area (Å²) < 4.78 is 10.3. The first kappa shape index (κ1) is 20.6. The van der Waals surface area contributed by atoms with E-state index < -0.39 is 0 Å². The third kappa shape index (κ3) is 6.20. The van der Waals surface area contributed by atoms with Crippen molar-refractivity contribution in [3.05, 3.63) is 68.8 Å². The van der Waals surface area contributed by atoms with Gasteiger partial charge in [0.15, 0.2) is 0 Å². The van der Waals surface area contributed by atoms with Crippen LogP contribution >= 0.6 is 23.2 Å². The van der Waals surface area contributed by atoms with Crippen LogP contribution in [0.5, 0.6) is 5.75 Å². The van der Waals surface area contributed by atoms with Gasteiger partial charge in [0, 0.05) is 18.2 Å². The molecule has 0 N–H and O–H groups in total. The normalized spacial score (nSPS) is 13.3. The fraction of sp³-hybridized carbons (Fsp3) is 0.300. The number of allylic oxidation sites excluding steroid dienone is 6. The molecule has 0 aliphatic heterocycles. The molecule has 24 heavy (non-hydrogen) atoms. The highest BCUT2D eigenvalue weighted by atomic mass is 35.5. The van der Waals surface area contributed by atoms with Crippen molar-refractivity contribution in [3.63, 3.8) is 0 Å². The summed E-state index contributed by atoms with van der Waals surface area (Å²) in [6.45, 7) is 6.59. The van der Waals surface area contributed by atoms with Crippen LogP contribution in [0, 0.1) is 6.92 Å². The minimum atomic E-state index is 0.570. The van der Waals surface area contributed by atoms with Crippen LogP contribution in [0.2, 0.25) is 10.0 Å². The zero-order chi connectivity index (χ0) is 18.1. The van der Waals surface area contributed by atoms with Gasteiger partial charge in [0.1, 0.15) is 5.75 Å². The van der Waals surface area contributed by atoms with E-state index in [1.54, 1.807) is 20.3 Å². The van der Waals surface area contributed by atoms with Gasteiger partial charge in [-0.3, -0.25) is 0 Å². The van der Waals surface area contributed by atoms with Gasteiger partial charge in [-0.15, -0.1) is 0 Å². The second-order valence-corrected chi connectivity index (χ2v) is 6.21. The highest BCUT2D eigenvalue weighted by molar-refractivity contribution is 6.37. The highest BCUT2D eigenvalue weighted by Crippen LogP contribution is 2.35. The predicted octanol–water partition coefficient (Wildman–Crippen LogP) is 6.42. The van der Waals surface area contributed by atoms with Gasteiger partial charge < -0.3 is 9.47 Å². The van der Waals surface area contributed by atoms with Crippen molar-refractivity contribution in [2.45, 2.75) is 20.8 Å². The van der Waals surface area contributed by atoms with Crippen molar-refractivity contribution in [1.82, 2.24) is 0 Å². The van der Waals surface area contributed by atoms with Crippen LogP contribution in [0.25, 0.3) is 6.08 Å². The first-order valence-corrected chi connectivity index (χ1v) is 8.37. The Kier molecular flexibility index (Phi) is 8.91. The Morgan fingerprint density at radius 3 is 2.46 bits per heavy atom. The minimum Gasteiger partial charge on any atom is -0.496 e. The van der Waals surface area contributed by atoms with Gasteiger partial charge in [0.05, 0.1) is 23.8 Å². The maximum atomic E-state index is 6.39. The lowest BCUT2D eigenvalue weighted by Gasteiger charge is -2.10. The molecule has 1 rings (SSSR count). The van der Waals surface area contributed by atoms with E-state index in [0.29, 0.717) is 22.4 Å². The van der Waals surface area contributed by atoms with E-state index in [0.717, 1.165) is 22.3 Å². The van der Waals surface area contributed by atoms with Crippen molar-refractivity contribution < 1.29 is 9.47 Å². The van der Waals surface area contributed by atoms with E-state index in [-0.39, 0.29) is 0 Å². The first-order valence-electron chi connectivity index (χ1n) is 7.62. The average Bonchev–Trinajstić information content (AvgIpc) is 2.56. The molecule has 0 aliphatic carbocycles. The van der Waals surface area contributed by atoms with Gasteiger partial charge in [-0.05, 0) is 26.8 Å². The van der Waals surface area contributed by atoms with Crippen LogP contribution in [0.3, 0.4) is 0 Å². The second kappa shape index (κ2) is 10.4. The molecule has 0 bridgehead atoms. The fourth-order valence-corrected chi connectivity index (χ4v) is 2.55. The number of benzene rings is 1. The Morgan fingerprint density at radius 2 is 1.83 bits per heavy atom.